The first-order valence-electron chi connectivity index (χ1n) is 14.4. The van der Waals surface area contributed by atoms with Crippen molar-refractivity contribution in [1.82, 2.24) is 19.9 Å². The highest BCUT2D eigenvalue weighted by atomic mass is 32.3. The van der Waals surface area contributed by atoms with Crippen molar-refractivity contribution in [3.63, 3.8) is 0 Å². The molecule has 5 rings (SSSR count). The summed E-state index contributed by atoms with van der Waals surface area (Å²) in [5.74, 6) is 0.660. The minimum absolute atomic E-state index is 0.289. The number of hydrogen-bond donors (Lipinski definition) is 2. The van der Waals surface area contributed by atoms with Gasteiger partial charge in [-0.25, -0.2) is 9.97 Å². The molecule has 2 aliphatic rings. The summed E-state index contributed by atoms with van der Waals surface area (Å²) in [6, 6.07) is 10.9. The second-order valence-electron chi connectivity index (χ2n) is 10.3. The van der Waals surface area contributed by atoms with Crippen LogP contribution in [0.15, 0.2) is 46.4 Å². The number of nitrogens with zero attached hydrogens (tertiary/aromatic N) is 5. The SMILES string of the molecule is COCCCS(O)(OC)c1ccc(/C(=N\N2CCCC2)C(=O)Nc2nc3ccc(OCCN4CCCC4)nc3s2)cc1. The molecule has 0 spiro atoms. The lowest BCUT2D eigenvalue weighted by atomic mass is 10.1. The quantitative estimate of drug-likeness (QED) is 0.194. The highest BCUT2D eigenvalue weighted by molar-refractivity contribution is 8.25. The van der Waals surface area contributed by atoms with E-state index < -0.39 is 10.6 Å². The van der Waals surface area contributed by atoms with Gasteiger partial charge in [0.05, 0.1) is 12.0 Å². The third-order valence-corrected chi connectivity index (χ3v) is 10.7. The Morgan fingerprint density at radius 1 is 1.02 bits per heavy atom. The van der Waals surface area contributed by atoms with Crippen molar-refractivity contribution in [3.05, 3.63) is 42.0 Å². The number of anilines is 1. The molecule has 11 nitrogen and oxygen atoms in total. The highest BCUT2D eigenvalue weighted by Crippen LogP contribution is 2.52. The maximum atomic E-state index is 13.6. The largest absolute Gasteiger partial charge is 0.476 e. The third-order valence-electron chi connectivity index (χ3n) is 7.39. The first kappa shape index (κ1) is 30.6. The van der Waals surface area contributed by atoms with Crippen LogP contribution in [0.2, 0.25) is 0 Å². The Bertz CT molecular complexity index is 1360. The van der Waals surface area contributed by atoms with Gasteiger partial charge in [-0.1, -0.05) is 23.5 Å². The molecule has 0 saturated carbocycles. The Labute approximate surface area is 252 Å². The van der Waals surface area contributed by atoms with Crippen molar-refractivity contribution >= 4 is 49.0 Å². The van der Waals surface area contributed by atoms with Crippen LogP contribution in [-0.4, -0.2) is 102 Å². The van der Waals surface area contributed by atoms with Crippen molar-refractivity contribution in [3.8, 4) is 5.88 Å². The lowest BCUT2D eigenvalue weighted by molar-refractivity contribution is -0.110. The molecule has 2 aromatic heterocycles. The number of nitrogens with one attached hydrogen (secondary N) is 1. The molecule has 2 aliphatic heterocycles. The molecule has 2 fully saturated rings. The number of ether oxygens (including phenoxy) is 2. The molecule has 13 heteroatoms. The van der Waals surface area contributed by atoms with E-state index in [-0.39, 0.29) is 11.6 Å². The van der Waals surface area contributed by atoms with E-state index >= 15 is 0 Å². The topological polar surface area (TPSA) is 122 Å². The third kappa shape index (κ3) is 7.77. The summed E-state index contributed by atoms with van der Waals surface area (Å²) in [5.41, 5.74) is 1.63. The maximum Gasteiger partial charge on any atom is 0.278 e. The van der Waals surface area contributed by atoms with Gasteiger partial charge in [-0.15, -0.1) is 0 Å². The van der Waals surface area contributed by atoms with Gasteiger partial charge in [-0.2, -0.15) is 15.7 Å². The number of aromatic nitrogens is 2. The molecular weight excluding hydrogens is 576 g/mol. The van der Waals surface area contributed by atoms with Gasteiger partial charge in [0.2, 0.25) is 5.88 Å². The smallest absolute Gasteiger partial charge is 0.278 e. The second-order valence-corrected chi connectivity index (χ2v) is 13.8. The first-order chi connectivity index (χ1) is 20.5. The zero-order valence-electron chi connectivity index (χ0n) is 24.3. The van der Waals surface area contributed by atoms with Gasteiger partial charge < -0.3 is 9.47 Å². The Hall–Kier alpha value is -2.81. The average Bonchev–Trinajstić information content (AvgIpc) is 3.78. The molecule has 42 heavy (non-hydrogen) atoms. The average molecular weight is 617 g/mol. The van der Waals surface area contributed by atoms with Gasteiger partial charge in [0.1, 0.15) is 17.0 Å². The molecule has 0 radical (unpaired) electrons. The standard InChI is InChI=1S/C29H40N6O5S2/c1-38-19-7-21-42(37,39-2)23-10-8-22(9-11-23)26(33-35-16-5-6-17-35)27(36)32-29-30-24-12-13-25(31-28(24)41-29)40-20-18-34-14-3-4-15-34/h8-13,37H,3-7,14-21H2,1-2H3,(H,30,32,36)/b33-26+. The van der Waals surface area contributed by atoms with Crippen LogP contribution >= 0.6 is 21.9 Å². The van der Waals surface area contributed by atoms with E-state index in [2.05, 4.69) is 20.2 Å². The number of fused-ring (bicyclic) bond motifs is 1. The lowest BCUT2D eigenvalue weighted by Crippen LogP contribution is -2.27. The van der Waals surface area contributed by atoms with E-state index in [1.54, 1.807) is 19.2 Å². The van der Waals surface area contributed by atoms with E-state index in [1.807, 2.05) is 29.3 Å². The molecule has 2 N–H and O–H groups in total. The van der Waals surface area contributed by atoms with E-state index in [0.717, 1.165) is 45.6 Å². The van der Waals surface area contributed by atoms with Crippen molar-refractivity contribution in [2.24, 2.45) is 5.10 Å². The van der Waals surface area contributed by atoms with Crippen LogP contribution in [-0.2, 0) is 13.7 Å². The van der Waals surface area contributed by atoms with Gasteiger partial charge in [-0.3, -0.25) is 28.8 Å². The van der Waals surface area contributed by atoms with Crippen LogP contribution in [0.25, 0.3) is 10.3 Å². The molecule has 2 saturated heterocycles. The number of carbonyl (C=O) groups is 1. The number of hydrogen-bond acceptors (Lipinski definition) is 11. The van der Waals surface area contributed by atoms with Gasteiger partial charge in [0, 0.05) is 50.7 Å². The van der Waals surface area contributed by atoms with Gasteiger partial charge in [-0.05, 0) is 63.4 Å². The number of methoxy groups -OCH3 is 1. The first-order valence-corrected chi connectivity index (χ1v) is 16.9. The summed E-state index contributed by atoms with van der Waals surface area (Å²) >= 11 is 1.30. The number of amides is 1. The number of benzene rings is 1. The summed E-state index contributed by atoms with van der Waals surface area (Å²) in [6.45, 7) is 5.88. The molecule has 1 amide bonds. The summed E-state index contributed by atoms with van der Waals surface area (Å²) in [4.78, 5) is 26.5. The van der Waals surface area contributed by atoms with Crippen molar-refractivity contribution in [2.45, 2.75) is 37.0 Å². The van der Waals surface area contributed by atoms with Gasteiger partial charge in [0.25, 0.3) is 5.91 Å². The van der Waals surface area contributed by atoms with E-state index in [1.165, 1.54) is 31.3 Å². The second kappa shape index (κ2) is 14.6. The fourth-order valence-corrected chi connectivity index (χ4v) is 7.56. The molecule has 0 aliphatic carbocycles. The monoisotopic (exact) mass is 616 g/mol. The fourth-order valence-electron chi connectivity index (χ4n) is 5.07. The lowest BCUT2D eigenvalue weighted by Gasteiger charge is -2.37. The van der Waals surface area contributed by atoms with Crippen LogP contribution in [0.3, 0.4) is 0 Å². The summed E-state index contributed by atoms with van der Waals surface area (Å²) < 4.78 is 27.7. The number of likely N-dealkylation sites (tertiary alicyclic amines) is 1. The van der Waals surface area contributed by atoms with Crippen molar-refractivity contribution in [2.75, 3.05) is 71.2 Å². The number of rotatable bonds is 14. The van der Waals surface area contributed by atoms with E-state index in [0.29, 0.717) is 57.2 Å². The number of thiazole rings is 1. The predicted molar refractivity (Wildman–Crippen MR) is 168 cm³/mol. The number of pyridine rings is 1. The van der Waals surface area contributed by atoms with Gasteiger partial charge in [0.15, 0.2) is 10.8 Å². The van der Waals surface area contributed by atoms with Crippen molar-refractivity contribution in [1.29, 1.82) is 0 Å². The zero-order chi connectivity index (χ0) is 29.4. The fraction of sp³-hybridized carbons (Fsp3) is 0.517. The minimum Gasteiger partial charge on any atom is -0.476 e. The molecule has 1 atom stereocenters. The summed E-state index contributed by atoms with van der Waals surface area (Å²) in [5, 5.41) is 10.0. The summed E-state index contributed by atoms with van der Waals surface area (Å²) in [7, 11) is 0.700. The van der Waals surface area contributed by atoms with Gasteiger partial charge >= 0.3 is 0 Å². The van der Waals surface area contributed by atoms with E-state index in [4.69, 9.17) is 18.8 Å². The Morgan fingerprint density at radius 3 is 2.48 bits per heavy atom. The van der Waals surface area contributed by atoms with Crippen LogP contribution in [0, 0.1) is 0 Å². The van der Waals surface area contributed by atoms with Crippen LogP contribution in [0.1, 0.15) is 37.7 Å². The normalized spacial score (nSPS) is 18.4. The number of carbonyl (C=O) groups excluding carboxylic acids is 1. The molecule has 3 aromatic rings. The Balaban J connectivity index is 1.30. The van der Waals surface area contributed by atoms with Crippen LogP contribution < -0.4 is 10.1 Å². The maximum absolute atomic E-state index is 13.6. The molecular formula is C29H40N6O5S2. The van der Waals surface area contributed by atoms with Crippen LogP contribution in [0.4, 0.5) is 5.13 Å². The zero-order valence-corrected chi connectivity index (χ0v) is 25.9. The Kier molecular flexibility index (Phi) is 10.6. The molecule has 0 bridgehead atoms. The Morgan fingerprint density at radius 2 is 1.76 bits per heavy atom. The molecule has 1 unspecified atom stereocenters. The minimum atomic E-state index is -2.45. The molecule has 228 valence electrons. The predicted octanol–water partition coefficient (Wildman–Crippen LogP) is 4.84. The number of hydrazone groups is 1. The highest BCUT2D eigenvalue weighted by Gasteiger charge is 2.23. The van der Waals surface area contributed by atoms with Crippen molar-refractivity contribution < 1.29 is 23.0 Å². The molecule has 4 heterocycles. The summed E-state index contributed by atoms with van der Waals surface area (Å²) in [6.07, 6.45) is 5.25. The van der Waals surface area contributed by atoms with E-state index in [9.17, 15) is 9.35 Å². The van der Waals surface area contributed by atoms with Crippen LogP contribution in [0.5, 0.6) is 5.88 Å². The molecule has 1 aromatic carbocycles.